The first-order chi connectivity index (χ1) is 12.6. The van der Waals surface area contributed by atoms with Crippen molar-refractivity contribution in [3.8, 4) is 11.3 Å². The van der Waals surface area contributed by atoms with Gasteiger partial charge in [0.05, 0.1) is 19.6 Å². The predicted molar refractivity (Wildman–Crippen MR) is 106 cm³/mol. The number of rotatable bonds is 7. The minimum Gasteiger partial charge on any atom is -0.459 e. The highest BCUT2D eigenvalue weighted by atomic mass is 35.5. The number of hydrogen-bond donors (Lipinski definition) is 2. The molecule has 0 radical (unpaired) electrons. The maximum absolute atomic E-state index is 12.1. The van der Waals surface area contributed by atoms with E-state index in [1.165, 1.54) is 0 Å². The van der Waals surface area contributed by atoms with E-state index in [9.17, 15) is 9.59 Å². The zero-order valence-electron chi connectivity index (χ0n) is 16.1. The van der Waals surface area contributed by atoms with E-state index in [0.29, 0.717) is 16.5 Å². The molecular weight excluding hydrogens is 366 g/mol. The zero-order chi connectivity index (χ0) is 20.0. The molecule has 0 fully saturated rings. The van der Waals surface area contributed by atoms with Crippen molar-refractivity contribution in [3.05, 3.63) is 47.2 Å². The van der Waals surface area contributed by atoms with Crippen molar-refractivity contribution < 1.29 is 14.0 Å². The van der Waals surface area contributed by atoms with Gasteiger partial charge in [-0.3, -0.25) is 14.5 Å². The molecule has 2 amide bonds. The first-order valence-electron chi connectivity index (χ1n) is 8.73. The number of nitrogens with one attached hydrogen (secondary N) is 2. The number of amides is 2. The molecule has 0 saturated heterocycles. The van der Waals surface area contributed by atoms with E-state index in [1.54, 1.807) is 24.1 Å². The summed E-state index contributed by atoms with van der Waals surface area (Å²) in [5.74, 6) is 1.08. The van der Waals surface area contributed by atoms with Crippen LogP contribution in [0.3, 0.4) is 0 Å². The summed E-state index contributed by atoms with van der Waals surface area (Å²) in [5.41, 5.74) is 0.628. The molecule has 0 aliphatic carbocycles. The molecule has 2 rings (SSSR count). The highest BCUT2D eigenvalue weighted by Gasteiger charge is 2.16. The molecule has 0 spiro atoms. The minimum atomic E-state index is -0.290. The second kappa shape index (κ2) is 9.06. The fourth-order valence-corrected chi connectivity index (χ4v) is 2.61. The van der Waals surface area contributed by atoms with Crippen molar-refractivity contribution in [1.82, 2.24) is 15.5 Å². The molecule has 0 bridgehead atoms. The Morgan fingerprint density at radius 2 is 1.67 bits per heavy atom. The number of carbonyl (C=O) groups excluding carboxylic acids is 2. The highest BCUT2D eigenvalue weighted by Crippen LogP contribution is 2.23. The summed E-state index contributed by atoms with van der Waals surface area (Å²) in [6, 6.07) is 11.0. The summed E-state index contributed by atoms with van der Waals surface area (Å²) in [4.78, 5) is 25.6. The molecule has 0 aliphatic rings. The van der Waals surface area contributed by atoms with Crippen LogP contribution in [-0.2, 0) is 16.1 Å². The predicted octanol–water partition coefficient (Wildman–Crippen LogP) is 3.06. The van der Waals surface area contributed by atoms with Crippen molar-refractivity contribution in [2.75, 3.05) is 20.1 Å². The number of furan rings is 1. The van der Waals surface area contributed by atoms with E-state index in [0.717, 1.165) is 5.56 Å². The molecule has 146 valence electrons. The van der Waals surface area contributed by atoms with Gasteiger partial charge in [-0.1, -0.05) is 11.6 Å². The normalized spacial score (nSPS) is 11.5. The monoisotopic (exact) mass is 391 g/mol. The van der Waals surface area contributed by atoms with Crippen molar-refractivity contribution in [3.63, 3.8) is 0 Å². The molecule has 1 aromatic heterocycles. The molecule has 6 nitrogen and oxygen atoms in total. The SMILES string of the molecule is CN(CC(=O)NCc1ccc(-c2ccc(Cl)cc2)o1)CC(=O)NC(C)(C)C. The van der Waals surface area contributed by atoms with Gasteiger partial charge in [-0.2, -0.15) is 0 Å². The Kier molecular flexibility index (Phi) is 7.05. The van der Waals surface area contributed by atoms with Crippen LogP contribution in [0.2, 0.25) is 5.02 Å². The Morgan fingerprint density at radius 1 is 1.04 bits per heavy atom. The average Bonchev–Trinajstić information content (AvgIpc) is 3.00. The largest absolute Gasteiger partial charge is 0.459 e. The number of halogens is 1. The molecule has 1 aromatic carbocycles. The second-order valence-corrected chi connectivity index (χ2v) is 7.96. The maximum Gasteiger partial charge on any atom is 0.234 e. The number of carbonyl (C=O) groups is 2. The van der Waals surface area contributed by atoms with Crippen LogP contribution in [0, 0.1) is 0 Å². The number of benzene rings is 1. The van der Waals surface area contributed by atoms with Gasteiger partial charge in [0.25, 0.3) is 0 Å². The van der Waals surface area contributed by atoms with Crippen LogP contribution in [0.1, 0.15) is 26.5 Å². The number of nitrogens with zero attached hydrogens (tertiary/aromatic N) is 1. The highest BCUT2D eigenvalue weighted by molar-refractivity contribution is 6.30. The maximum atomic E-state index is 12.1. The molecule has 0 atom stereocenters. The molecule has 0 unspecified atom stereocenters. The van der Waals surface area contributed by atoms with Gasteiger partial charge in [0, 0.05) is 16.1 Å². The van der Waals surface area contributed by atoms with E-state index in [2.05, 4.69) is 10.6 Å². The zero-order valence-corrected chi connectivity index (χ0v) is 16.9. The quantitative estimate of drug-likeness (QED) is 0.760. The van der Waals surface area contributed by atoms with Crippen LogP contribution in [0.25, 0.3) is 11.3 Å². The standard InChI is InChI=1S/C20H26ClN3O3/c1-20(2,3)23-19(26)13-24(4)12-18(25)22-11-16-9-10-17(27-16)14-5-7-15(21)8-6-14/h5-10H,11-13H2,1-4H3,(H,22,25)(H,23,26). The Morgan fingerprint density at radius 3 is 2.30 bits per heavy atom. The number of hydrogen-bond acceptors (Lipinski definition) is 4. The van der Waals surface area contributed by atoms with Crippen LogP contribution in [0.15, 0.2) is 40.8 Å². The van der Waals surface area contributed by atoms with Crippen LogP contribution in [0.4, 0.5) is 0 Å². The van der Waals surface area contributed by atoms with Gasteiger partial charge in [-0.15, -0.1) is 0 Å². The van der Waals surface area contributed by atoms with Crippen molar-refractivity contribution in [2.24, 2.45) is 0 Å². The van der Waals surface area contributed by atoms with E-state index in [1.807, 2.05) is 45.0 Å². The lowest BCUT2D eigenvalue weighted by Gasteiger charge is -2.23. The fourth-order valence-electron chi connectivity index (χ4n) is 2.49. The summed E-state index contributed by atoms with van der Waals surface area (Å²) >= 11 is 5.89. The van der Waals surface area contributed by atoms with Gasteiger partial charge < -0.3 is 15.1 Å². The third-order valence-corrected chi connectivity index (χ3v) is 3.84. The van der Waals surface area contributed by atoms with Crippen molar-refractivity contribution in [1.29, 1.82) is 0 Å². The number of likely N-dealkylation sites (N-methyl/N-ethyl adjacent to an activating group) is 1. The first kappa shape index (κ1) is 21.0. The van der Waals surface area contributed by atoms with E-state index >= 15 is 0 Å². The Hall–Kier alpha value is -2.31. The average molecular weight is 392 g/mol. The second-order valence-electron chi connectivity index (χ2n) is 7.52. The summed E-state index contributed by atoms with van der Waals surface area (Å²) < 4.78 is 5.75. The first-order valence-corrected chi connectivity index (χ1v) is 9.11. The van der Waals surface area contributed by atoms with Crippen LogP contribution in [-0.4, -0.2) is 42.4 Å². The van der Waals surface area contributed by atoms with Gasteiger partial charge in [-0.05, 0) is 64.2 Å². The molecule has 2 N–H and O–H groups in total. The molecular formula is C20H26ClN3O3. The Balaban J connectivity index is 1.78. The van der Waals surface area contributed by atoms with Gasteiger partial charge in [0.2, 0.25) is 11.8 Å². The molecule has 2 aromatic rings. The van der Waals surface area contributed by atoms with Gasteiger partial charge in [-0.25, -0.2) is 0 Å². The topological polar surface area (TPSA) is 74.6 Å². The molecule has 7 heteroatoms. The van der Waals surface area contributed by atoms with Gasteiger partial charge in [0.15, 0.2) is 0 Å². The van der Waals surface area contributed by atoms with Crippen LogP contribution >= 0.6 is 11.6 Å². The minimum absolute atomic E-state index is 0.114. The summed E-state index contributed by atoms with van der Waals surface area (Å²) in [5, 5.41) is 6.33. The fraction of sp³-hybridized carbons (Fsp3) is 0.400. The van der Waals surface area contributed by atoms with Crippen LogP contribution < -0.4 is 10.6 Å². The lowest BCUT2D eigenvalue weighted by atomic mass is 10.1. The van der Waals surface area contributed by atoms with Crippen molar-refractivity contribution in [2.45, 2.75) is 32.9 Å². The third-order valence-electron chi connectivity index (χ3n) is 3.59. The summed E-state index contributed by atoms with van der Waals surface area (Å²) in [6.45, 7) is 6.32. The molecule has 0 aliphatic heterocycles. The lowest BCUT2D eigenvalue weighted by molar-refractivity contribution is -0.125. The van der Waals surface area contributed by atoms with E-state index in [4.69, 9.17) is 16.0 Å². The Bertz CT molecular complexity index is 779. The Labute approximate surface area is 164 Å². The summed E-state index contributed by atoms with van der Waals surface area (Å²) in [6.07, 6.45) is 0. The lowest BCUT2D eigenvalue weighted by Crippen LogP contribution is -2.46. The molecule has 1 heterocycles. The van der Waals surface area contributed by atoms with Gasteiger partial charge >= 0.3 is 0 Å². The van der Waals surface area contributed by atoms with Gasteiger partial charge in [0.1, 0.15) is 11.5 Å². The van der Waals surface area contributed by atoms with E-state index < -0.39 is 0 Å². The third kappa shape index (κ3) is 7.45. The smallest absolute Gasteiger partial charge is 0.234 e. The molecule has 0 saturated carbocycles. The van der Waals surface area contributed by atoms with E-state index in [-0.39, 0.29) is 37.0 Å². The molecule has 27 heavy (non-hydrogen) atoms. The van der Waals surface area contributed by atoms with Crippen LogP contribution in [0.5, 0.6) is 0 Å². The van der Waals surface area contributed by atoms with Crippen molar-refractivity contribution >= 4 is 23.4 Å². The summed E-state index contributed by atoms with van der Waals surface area (Å²) in [7, 11) is 1.73.